The van der Waals surface area contributed by atoms with Gasteiger partial charge in [0.25, 0.3) is 5.89 Å². The molecule has 1 heterocycles. The SMILES string of the molecule is CCC(CC)(CN)NC(=O)COCc1nc(C)no1. The maximum atomic E-state index is 11.8. The molecule has 1 amide bonds. The number of amides is 1. The standard InChI is InChI=1S/C12H22N4O3/c1-4-12(5-2,8-13)15-10(17)6-18-7-11-14-9(3)16-19-11/h4-8,13H2,1-3H3,(H,15,17). The molecule has 108 valence electrons. The summed E-state index contributed by atoms with van der Waals surface area (Å²) in [6.07, 6.45) is 1.57. The van der Waals surface area contributed by atoms with Crippen molar-refractivity contribution in [3.8, 4) is 0 Å². The van der Waals surface area contributed by atoms with Crippen molar-refractivity contribution in [1.29, 1.82) is 0 Å². The maximum absolute atomic E-state index is 11.8. The summed E-state index contributed by atoms with van der Waals surface area (Å²) in [5, 5.41) is 6.55. The van der Waals surface area contributed by atoms with Gasteiger partial charge in [-0.1, -0.05) is 19.0 Å². The highest BCUT2D eigenvalue weighted by atomic mass is 16.5. The molecule has 0 spiro atoms. The summed E-state index contributed by atoms with van der Waals surface area (Å²) in [6, 6.07) is 0. The van der Waals surface area contributed by atoms with Crippen LogP contribution < -0.4 is 11.1 Å². The number of rotatable bonds is 8. The second kappa shape index (κ2) is 7.20. The number of aromatic nitrogens is 2. The Labute approximate surface area is 112 Å². The van der Waals surface area contributed by atoms with Gasteiger partial charge in [0.15, 0.2) is 5.82 Å². The molecule has 3 N–H and O–H groups in total. The van der Waals surface area contributed by atoms with Gasteiger partial charge in [-0.3, -0.25) is 4.79 Å². The maximum Gasteiger partial charge on any atom is 0.252 e. The quantitative estimate of drug-likeness (QED) is 0.714. The number of nitrogens with zero attached hydrogens (tertiary/aromatic N) is 2. The smallest absolute Gasteiger partial charge is 0.252 e. The van der Waals surface area contributed by atoms with E-state index in [1.54, 1.807) is 6.92 Å². The topological polar surface area (TPSA) is 103 Å². The Bertz CT molecular complexity index is 393. The molecule has 19 heavy (non-hydrogen) atoms. The Morgan fingerprint density at radius 3 is 2.63 bits per heavy atom. The lowest BCUT2D eigenvalue weighted by Crippen LogP contribution is -2.53. The van der Waals surface area contributed by atoms with E-state index in [1.165, 1.54) is 0 Å². The summed E-state index contributed by atoms with van der Waals surface area (Å²) in [6.45, 7) is 6.20. The van der Waals surface area contributed by atoms with Crippen molar-refractivity contribution in [2.24, 2.45) is 5.73 Å². The molecule has 0 aliphatic carbocycles. The van der Waals surface area contributed by atoms with E-state index in [9.17, 15) is 4.79 Å². The molecule has 0 aliphatic rings. The van der Waals surface area contributed by atoms with Crippen LogP contribution in [0.15, 0.2) is 4.52 Å². The number of carbonyl (C=O) groups is 1. The molecular weight excluding hydrogens is 248 g/mol. The van der Waals surface area contributed by atoms with Crippen molar-refractivity contribution in [2.45, 2.75) is 45.8 Å². The van der Waals surface area contributed by atoms with E-state index in [2.05, 4.69) is 15.5 Å². The zero-order valence-electron chi connectivity index (χ0n) is 11.7. The van der Waals surface area contributed by atoms with Gasteiger partial charge in [0.05, 0.1) is 5.54 Å². The van der Waals surface area contributed by atoms with Crippen LogP contribution in [-0.2, 0) is 16.1 Å². The number of hydrogen-bond donors (Lipinski definition) is 2. The first-order valence-electron chi connectivity index (χ1n) is 6.43. The van der Waals surface area contributed by atoms with Crippen molar-refractivity contribution in [3.05, 3.63) is 11.7 Å². The van der Waals surface area contributed by atoms with Crippen LogP contribution in [0, 0.1) is 6.92 Å². The molecule has 0 radical (unpaired) electrons. The number of nitrogens with one attached hydrogen (secondary N) is 1. The van der Waals surface area contributed by atoms with Crippen molar-refractivity contribution < 1.29 is 14.1 Å². The second-order valence-electron chi connectivity index (χ2n) is 4.47. The number of aryl methyl sites for hydroxylation is 1. The molecule has 0 aromatic carbocycles. The van der Waals surface area contributed by atoms with E-state index >= 15 is 0 Å². The van der Waals surface area contributed by atoms with Crippen LogP contribution in [0.5, 0.6) is 0 Å². The van der Waals surface area contributed by atoms with Gasteiger partial charge < -0.3 is 20.3 Å². The molecule has 7 nitrogen and oxygen atoms in total. The van der Waals surface area contributed by atoms with Gasteiger partial charge in [-0.2, -0.15) is 4.98 Å². The molecule has 0 saturated heterocycles. The van der Waals surface area contributed by atoms with Gasteiger partial charge in [0.1, 0.15) is 13.2 Å². The van der Waals surface area contributed by atoms with Crippen molar-refractivity contribution in [1.82, 2.24) is 15.5 Å². The normalized spacial score (nSPS) is 11.6. The Morgan fingerprint density at radius 1 is 1.47 bits per heavy atom. The van der Waals surface area contributed by atoms with E-state index in [1.807, 2.05) is 13.8 Å². The van der Waals surface area contributed by atoms with Crippen LogP contribution in [0.4, 0.5) is 0 Å². The van der Waals surface area contributed by atoms with Gasteiger partial charge >= 0.3 is 0 Å². The number of ether oxygens (including phenoxy) is 1. The first kappa shape index (κ1) is 15.6. The molecule has 1 aromatic heterocycles. The summed E-state index contributed by atoms with van der Waals surface area (Å²) in [4.78, 5) is 15.7. The minimum Gasteiger partial charge on any atom is -0.362 e. The van der Waals surface area contributed by atoms with Gasteiger partial charge in [-0.05, 0) is 19.8 Å². The molecular formula is C12H22N4O3. The van der Waals surface area contributed by atoms with Crippen LogP contribution >= 0.6 is 0 Å². The van der Waals surface area contributed by atoms with Crippen LogP contribution in [0.25, 0.3) is 0 Å². The van der Waals surface area contributed by atoms with Gasteiger partial charge in [-0.15, -0.1) is 0 Å². The average molecular weight is 270 g/mol. The molecule has 0 fully saturated rings. The third-order valence-corrected chi connectivity index (χ3v) is 3.18. The van der Waals surface area contributed by atoms with Crippen molar-refractivity contribution in [2.75, 3.05) is 13.2 Å². The van der Waals surface area contributed by atoms with Crippen LogP contribution in [-0.4, -0.2) is 34.7 Å². The third-order valence-electron chi connectivity index (χ3n) is 3.18. The highest BCUT2D eigenvalue weighted by Gasteiger charge is 2.26. The van der Waals surface area contributed by atoms with E-state index < -0.39 is 0 Å². The fourth-order valence-corrected chi connectivity index (χ4v) is 1.73. The minimum absolute atomic E-state index is 0.0524. The predicted molar refractivity (Wildman–Crippen MR) is 69.2 cm³/mol. The zero-order chi connectivity index (χ0) is 14.3. The number of hydrogen-bond acceptors (Lipinski definition) is 6. The molecule has 0 bridgehead atoms. The average Bonchev–Trinajstić information content (AvgIpc) is 2.82. The third kappa shape index (κ3) is 4.60. The van der Waals surface area contributed by atoms with E-state index in [-0.39, 0.29) is 24.7 Å². The van der Waals surface area contributed by atoms with E-state index in [4.69, 9.17) is 15.0 Å². The molecule has 0 unspecified atom stereocenters. The summed E-state index contributed by atoms with van der Waals surface area (Å²) in [5.41, 5.74) is 5.37. The van der Waals surface area contributed by atoms with Crippen LogP contribution in [0.3, 0.4) is 0 Å². The molecule has 1 aromatic rings. The Hall–Kier alpha value is -1.47. The summed E-state index contributed by atoms with van der Waals surface area (Å²) < 4.78 is 10.1. The Kier molecular flexibility index (Phi) is 5.91. The lowest BCUT2D eigenvalue weighted by Gasteiger charge is -2.31. The molecule has 0 saturated carbocycles. The Balaban J connectivity index is 2.35. The minimum atomic E-state index is -0.346. The van der Waals surface area contributed by atoms with Crippen molar-refractivity contribution >= 4 is 5.91 Å². The lowest BCUT2D eigenvalue weighted by molar-refractivity contribution is -0.128. The van der Waals surface area contributed by atoms with E-state index in [0.29, 0.717) is 18.3 Å². The van der Waals surface area contributed by atoms with Gasteiger partial charge in [0.2, 0.25) is 5.91 Å². The fraction of sp³-hybridized carbons (Fsp3) is 0.750. The predicted octanol–water partition coefficient (Wildman–Crippen LogP) is 0.528. The first-order chi connectivity index (χ1) is 9.05. The second-order valence-corrected chi connectivity index (χ2v) is 4.47. The van der Waals surface area contributed by atoms with E-state index in [0.717, 1.165) is 12.8 Å². The highest BCUT2D eigenvalue weighted by Crippen LogP contribution is 2.12. The summed E-state index contributed by atoms with van der Waals surface area (Å²) >= 11 is 0. The molecule has 1 rings (SSSR count). The number of nitrogens with two attached hydrogens (primary N) is 1. The van der Waals surface area contributed by atoms with Crippen LogP contribution in [0.1, 0.15) is 38.4 Å². The molecule has 7 heteroatoms. The van der Waals surface area contributed by atoms with Gasteiger partial charge in [0, 0.05) is 6.54 Å². The largest absolute Gasteiger partial charge is 0.362 e. The molecule has 0 aliphatic heterocycles. The first-order valence-corrected chi connectivity index (χ1v) is 6.43. The lowest BCUT2D eigenvalue weighted by atomic mass is 9.93. The number of carbonyl (C=O) groups excluding carboxylic acids is 1. The highest BCUT2D eigenvalue weighted by molar-refractivity contribution is 5.78. The zero-order valence-corrected chi connectivity index (χ0v) is 11.7. The molecule has 0 atom stereocenters. The summed E-state index contributed by atoms with van der Waals surface area (Å²) in [5.74, 6) is 0.717. The van der Waals surface area contributed by atoms with Crippen molar-refractivity contribution in [3.63, 3.8) is 0 Å². The Morgan fingerprint density at radius 2 is 2.16 bits per heavy atom. The summed E-state index contributed by atoms with van der Waals surface area (Å²) in [7, 11) is 0. The monoisotopic (exact) mass is 270 g/mol. The van der Waals surface area contributed by atoms with Gasteiger partial charge in [-0.25, -0.2) is 0 Å². The van der Waals surface area contributed by atoms with Crippen LogP contribution in [0.2, 0.25) is 0 Å². The fourth-order valence-electron chi connectivity index (χ4n) is 1.73.